The van der Waals surface area contributed by atoms with Crippen molar-refractivity contribution in [1.82, 2.24) is 5.32 Å². The number of hydrogen-bond donors (Lipinski definition) is 2. The number of nitrogens with one attached hydrogen (secondary N) is 1. The standard InChI is InChI=1S/C20H23NO4/c22-19(12-7-13-25-18-10-5-2-6-11-18)21-15-17(20(23)24)14-16-8-3-1-4-9-16/h1-6,8-11,17H,7,12-15H2,(H,21,22)(H,23,24). The fourth-order valence-corrected chi connectivity index (χ4v) is 2.41. The lowest BCUT2D eigenvalue weighted by Crippen LogP contribution is -2.34. The van der Waals surface area contributed by atoms with Crippen molar-refractivity contribution >= 4 is 11.9 Å². The molecule has 0 fully saturated rings. The van der Waals surface area contributed by atoms with Crippen LogP contribution in [0.15, 0.2) is 60.7 Å². The number of carboxylic acid groups (broad SMARTS) is 1. The summed E-state index contributed by atoms with van der Waals surface area (Å²) < 4.78 is 5.53. The smallest absolute Gasteiger partial charge is 0.308 e. The fraction of sp³-hybridized carbons (Fsp3) is 0.300. The second-order valence-corrected chi connectivity index (χ2v) is 5.79. The molecule has 1 amide bonds. The van der Waals surface area contributed by atoms with Crippen molar-refractivity contribution in [2.24, 2.45) is 5.92 Å². The maximum atomic E-state index is 11.9. The van der Waals surface area contributed by atoms with Crippen molar-refractivity contribution in [3.8, 4) is 5.75 Å². The first-order chi connectivity index (χ1) is 12.1. The van der Waals surface area contributed by atoms with E-state index in [1.54, 1.807) is 0 Å². The third kappa shape index (κ3) is 7.08. The number of para-hydroxylation sites is 1. The summed E-state index contributed by atoms with van der Waals surface area (Å²) in [6.07, 6.45) is 1.29. The van der Waals surface area contributed by atoms with Crippen LogP contribution in [0.2, 0.25) is 0 Å². The number of benzene rings is 2. The maximum Gasteiger partial charge on any atom is 0.308 e. The largest absolute Gasteiger partial charge is 0.494 e. The van der Waals surface area contributed by atoms with Crippen LogP contribution in [-0.4, -0.2) is 30.1 Å². The number of carbonyl (C=O) groups is 2. The lowest BCUT2D eigenvalue weighted by atomic mass is 9.99. The average molecular weight is 341 g/mol. The maximum absolute atomic E-state index is 11.9. The van der Waals surface area contributed by atoms with Gasteiger partial charge in [-0.1, -0.05) is 48.5 Å². The summed E-state index contributed by atoms with van der Waals surface area (Å²) in [6, 6.07) is 18.8. The van der Waals surface area contributed by atoms with Crippen molar-refractivity contribution < 1.29 is 19.4 Å². The first-order valence-corrected chi connectivity index (χ1v) is 8.36. The highest BCUT2D eigenvalue weighted by Crippen LogP contribution is 2.10. The topological polar surface area (TPSA) is 75.6 Å². The quantitative estimate of drug-likeness (QED) is 0.652. The van der Waals surface area contributed by atoms with Crippen LogP contribution in [0.1, 0.15) is 18.4 Å². The third-order valence-electron chi connectivity index (χ3n) is 3.78. The Balaban J connectivity index is 1.67. The van der Waals surface area contributed by atoms with Crippen LogP contribution in [0.5, 0.6) is 5.75 Å². The molecule has 0 spiro atoms. The zero-order chi connectivity index (χ0) is 17.9. The predicted octanol–water partition coefficient (Wildman–Crippen LogP) is 2.91. The van der Waals surface area contributed by atoms with Gasteiger partial charge in [0.1, 0.15) is 5.75 Å². The van der Waals surface area contributed by atoms with E-state index in [0.29, 0.717) is 25.9 Å². The number of carbonyl (C=O) groups excluding carboxylic acids is 1. The van der Waals surface area contributed by atoms with E-state index in [4.69, 9.17) is 4.74 Å². The monoisotopic (exact) mass is 341 g/mol. The van der Waals surface area contributed by atoms with Crippen LogP contribution in [0.4, 0.5) is 0 Å². The predicted molar refractivity (Wildman–Crippen MR) is 95.5 cm³/mol. The Morgan fingerprint density at radius 1 is 1.00 bits per heavy atom. The zero-order valence-electron chi connectivity index (χ0n) is 14.1. The highest BCUT2D eigenvalue weighted by atomic mass is 16.5. The van der Waals surface area contributed by atoms with Crippen LogP contribution in [-0.2, 0) is 16.0 Å². The van der Waals surface area contributed by atoms with Crippen molar-refractivity contribution in [2.45, 2.75) is 19.3 Å². The molecule has 0 aliphatic rings. The molecule has 0 saturated carbocycles. The molecule has 25 heavy (non-hydrogen) atoms. The van der Waals surface area contributed by atoms with E-state index in [1.807, 2.05) is 60.7 Å². The second-order valence-electron chi connectivity index (χ2n) is 5.79. The number of hydrogen-bond acceptors (Lipinski definition) is 3. The molecule has 2 aromatic carbocycles. The van der Waals surface area contributed by atoms with Crippen molar-refractivity contribution in [3.63, 3.8) is 0 Å². The van der Waals surface area contributed by atoms with Gasteiger partial charge in [-0.3, -0.25) is 9.59 Å². The number of carboxylic acids is 1. The van der Waals surface area contributed by atoms with Crippen LogP contribution >= 0.6 is 0 Å². The minimum atomic E-state index is -0.906. The molecule has 5 heteroatoms. The van der Waals surface area contributed by atoms with E-state index in [0.717, 1.165) is 11.3 Å². The fourth-order valence-electron chi connectivity index (χ4n) is 2.41. The van der Waals surface area contributed by atoms with Gasteiger partial charge in [0.25, 0.3) is 0 Å². The molecule has 1 unspecified atom stereocenters. The molecule has 0 aromatic heterocycles. The molecule has 0 aliphatic heterocycles. The molecule has 2 aromatic rings. The van der Waals surface area contributed by atoms with E-state index in [-0.39, 0.29) is 12.5 Å². The minimum absolute atomic E-state index is 0.128. The normalized spacial score (nSPS) is 11.5. The Bertz CT molecular complexity index is 658. The number of amides is 1. The van der Waals surface area contributed by atoms with Crippen molar-refractivity contribution in [2.75, 3.05) is 13.2 Å². The van der Waals surface area contributed by atoms with E-state index >= 15 is 0 Å². The van der Waals surface area contributed by atoms with Gasteiger partial charge in [0.15, 0.2) is 0 Å². The number of rotatable bonds is 10. The number of ether oxygens (including phenoxy) is 1. The highest BCUT2D eigenvalue weighted by molar-refractivity contribution is 5.77. The Kier molecular flexibility index (Phi) is 7.50. The molecular formula is C20H23NO4. The summed E-state index contributed by atoms with van der Waals surface area (Å²) in [7, 11) is 0. The molecule has 0 radical (unpaired) electrons. The molecule has 2 rings (SSSR count). The molecule has 2 N–H and O–H groups in total. The first-order valence-electron chi connectivity index (χ1n) is 8.36. The Morgan fingerprint density at radius 2 is 1.64 bits per heavy atom. The van der Waals surface area contributed by atoms with Gasteiger partial charge in [0.2, 0.25) is 5.91 Å². The summed E-state index contributed by atoms with van der Waals surface area (Å²) in [5.74, 6) is -0.920. The summed E-state index contributed by atoms with van der Waals surface area (Å²) in [5, 5.41) is 12.0. The van der Waals surface area contributed by atoms with Crippen LogP contribution in [0.25, 0.3) is 0 Å². The van der Waals surface area contributed by atoms with E-state index in [1.165, 1.54) is 0 Å². The summed E-state index contributed by atoms with van der Waals surface area (Å²) in [4.78, 5) is 23.2. The second kappa shape index (κ2) is 10.1. The SMILES string of the molecule is O=C(CCCOc1ccccc1)NCC(Cc1ccccc1)C(=O)O. The molecular weight excluding hydrogens is 318 g/mol. The lowest BCUT2D eigenvalue weighted by Gasteiger charge is -2.13. The molecule has 0 aliphatic carbocycles. The van der Waals surface area contributed by atoms with Crippen molar-refractivity contribution in [3.05, 3.63) is 66.2 Å². The van der Waals surface area contributed by atoms with Gasteiger partial charge >= 0.3 is 5.97 Å². The molecule has 1 atom stereocenters. The highest BCUT2D eigenvalue weighted by Gasteiger charge is 2.18. The lowest BCUT2D eigenvalue weighted by molar-refractivity contribution is -0.141. The summed E-state index contributed by atoms with van der Waals surface area (Å²) >= 11 is 0. The first kappa shape index (κ1) is 18.5. The van der Waals surface area contributed by atoms with E-state index < -0.39 is 11.9 Å². The molecule has 0 saturated heterocycles. The van der Waals surface area contributed by atoms with Gasteiger partial charge in [0, 0.05) is 13.0 Å². The average Bonchev–Trinajstić information content (AvgIpc) is 2.63. The summed E-state index contributed by atoms with van der Waals surface area (Å²) in [5.41, 5.74) is 0.945. The van der Waals surface area contributed by atoms with Gasteiger partial charge < -0.3 is 15.2 Å². The van der Waals surface area contributed by atoms with Crippen LogP contribution in [0, 0.1) is 5.92 Å². The van der Waals surface area contributed by atoms with Gasteiger partial charge in [-0.05, 0) is 30.5 Å². The number of aliphatic carboxylic acids is 1. The van der Waals surface area contributed by atoms with Crippen molar-refractivity contribution in [1.29, 1.82) is 0 Å². The van der Waals surface area contributed by atoms with E-state index in [9.17, 15) is 14.7 Å². The van der Waals surface area contributed by atoms with Gasteiger partial charge in [-0.15, -0.1) is 0 Å². The summed E-state index contributed by atoms with van der Waals surface area (Å²) in [6.45, 7) is 0.576. The molecule has 132 valence electrons. The van der Waals surface area contributed by atoms with Gasteiger partial charge in [-0.25, -0.2) is 0 Å². The van der Waals surface area contributed by atoms with Crippen LogP contribution in [0.3, 0.4) is 0 Å². The third-order valence-corrected chi connectivity index (χ3v) is 3.78. The molecule has 0 bridgehead atoms. The Hall–Kier alpha value is -2.82. The Morgan fingerprint density at radius 3 is 2.28 bits per heavy atom. The van der Waals surface area contributed by atoms with E-state index in [2.05, 4.69) is 5.32 Å². The van der Waals surface area contributed by atoms with Gasteiger partial charge in [0.05, 0.1) is 12.5 Å². The minimum Gasteiger partial charge on any atom is -0.494 e. The Labute approximate surface area is 147 Å². The van der Waals surface area contributed by atoms with Gasteiger partial charge in [-0.2, -0.15) is 0 Å². The molecule has 0 heterocycles. The molecule has 5 nitrogen and oxygen atoms in total. The zero-order valence-corrected chi connectivity index (χ0v) is 14.1. The van der Waals surface area contributed by atoms with Crippen LogP contribution < -0.4 is 10.1 Å².